The maximum atomic E-state index is 7.33. The van der Waals surface area contributed by atoms with Gasteiger partial charge < -0.3 is 22.0 Å². The summed E-state index contributed by atoms with van der Waals surface area (Å²) in [7, 11) is -4.61. The van der Waals surface area contributed by atoms with Crippen LogP contribution in [0.1, 0.15) is 2.85 Å². The average Bonchev–Trinajstić information content (AvgIpc) is 0.722. The van der Waals surface area contributed by atoms with Crippen LogP contribution in [0.5, 0.6) is 0 Å². The molecule has 4 nitrogen and oxygen atoms in total. The fourth-order valence-electron chi connectivity index (χ4n) is 0. The predicted octanol–water partition coefficient (Wildman–Crippen LogP) is -3.15. The Morgan fingerprint density at radius 2 is 1.00 bits per heavy atom. The molecule has 45 valence electrons. The van der Waals surface area contributed by atoms with Crippen molar-refractivity contribution >= 4 is 27.6 Å². The largest absolute Gasteiger partial charge is 2.00 e. The van der Waals surface area contributed by atoms with E-state index < -0.39 is 9.05 Å². The third kappa shape index (κ3) is 135. The predicted molar refractivity (Wildman–Crippen MR) is 28.4 cm³/mol. The van der Waals surface area contributed by atoms with E-state index in [4.69, 9.17) is 19.2 Å². The van der Waals surface area contributed by atoms with Gasteiger partial charge in [0.1, 0.15) is 0 Å². The molecule has 0 aromatic rings. The summed E-state index contributed by atoms with van der Waals surface area (Å²) in [5, 5.41) is 0. The standard InChI is InChI=1S/B.Be.Ce.H4O4Si.Zn.2H/c;;;1-5(2,3)4;;;/h;;;1-4H;;;/q;+2;;;;2*-1. The number of hydrogen-bond acceptors (Lipinski definition) is 4. The maximum absolute atomic E-state index is 7.33. The van der Waals surface area contributed by atoms with Gasteiger partial charge >= 0.3 is 19.2 Å². The first kappa shape index (κ1) is 30.2. The second kappa shape index (κ2) is 12.9. The van der Waals surface area contributed by atoms with Crippen molar-refractivity contribution in [3.05, 3.63) is 0 Å². The van der Waals surface area contributed by atoms with Gasteiger partial charge in [-0.05, 0) is 0 Å². The summed E-state index contributed by atoms with van der Waals surface area (Å²) in [4.78, 5) is 29.3. The minimum Gasteiger partial charge on any atom is -1.00 e. The van der Waals surface area contributed by atoms with E-state index in [1.165, 1.54) is 0 Å². The van der Waals surface area contributed by atoms with Crippen LogP contribution >= 0.6 is 0 Å². The number of hydrogen-bond donors (Lipinski definition) is 4. The van der Waals surface area contributed by atoms with Crippen molar-refractivity contribution in [3.63, 3.8) is 0 Å². The van der Waals surface area contributed by atoms with Gasteiger partial charge in [-0.3, -0.25) is 0 Å². The molecule has 0 fully saturated rings. The van der Waals surface area contributed by atoms with Gasteiger partial charge in [-0.2, -0.15) is 0 Å². The summed E-state index contributed by atoms with van der Waals surface area (Å²) in [6.07, 6.45) is 0. The molecule has 0 spiro atoms. The second-order valence-corrected chi connectivity index (χ2v) is 1.80. The molecule has 0 atom stereocenters. The van der Waals surface area contributed by atoms with E-state index in [1.807, 2.05) is 0 Å². The minimum absolute atomic E-state index is 0. The third-order valence-electron chi connectivity index (χ3n) is 0. The van der Waals surface area contributed by atoms with Gasteiger partial charge in [0.2, 0.25) is 0 Å². The van der Waals surface area contributed by atoms with Gasteiger partial charge in [-0.15, -0.1) is 0 Å². The van der Waals surface area contributed by atoms with Crippen molar-refractivity contribution in [1.29, 1.82) is 0 Å². The maximum Gasteiger partial charge on any atom is 2.00 e. The molecule has 0 aromatic carbocycles. The Kier molecular flexibility index (Phi) is 43.4. The first-order valence-electron chi connectivity index (χ1n) is 0.894. The summed E-state index contributed by atoms with van der Waals surface area (Å²) >= 11 is 0. The molecule has 0 saturated carbocycles. The van der Waals surface area contributed by atoms with E-state index in [1.54, 1.807) is 0 Å². The second-order valence-electron chi connectivity index (χ2n) is 0.600. The monoisotopic (exact) mass is 322 g/mol. The van der Waals surface area contributed by atoms with E-state index in [9.17, 15) is 0 Å². The Labute approximate surface area is 109 Å². The fraction of sp³-hybridized carbons (Fsp3) is 0. The van der Waals surface area contributed by atoms with Gasteiger partial charge in [0.05, 0.1) is 0 Å². The molecular formula is H6BBeCeO4SiZn. The molecule has 0 saturated heterocycles. The van der Waals surface area contributed by atoms with Crippen LogP contribution in [-0.2, 0) is 19.5 Å². The summed E-state index contributed by atoms with van der Waals surface area (Å²) < 4.78 is 0. The summed E-state index contributed by atoms with van der Waals surface area (Å²) in [5.41, 5.74) is 0. The van der Waals surface area contributed by atoms with Gasteiger partial charge in [0.15, 0.2) is 0 Å². The average molecular weight is 323 g/mol. The van der Waals surface area contributed by atoms with Crippen LogP contribution in [0, 0.1) is 41.7 Å². The van der Waals surface area contributed by atoms with Gasteiger partial charge in [0.25, 0.3) is 0 Å². The Bertz CT molecular complexity index is 43.6. The van der Waals surface area contributed by atoms with E-state index in [-0.39, 0.29) is 82.6 Å². The first-order valence-corrected chi connectivity index (χ1v) is 2.68. The van der Waals surface area contributed by atoms with Crippen molar-refractivity contribution in [1.82, 2.24) is 0 Å². The van der Waals surface area contributed by atoms with Crippen molar-refractivity contribution in [2.75, 3.05) is 0 Å². The molecular weight excluding hydrogens is 317 g/mol. The molecule has 9 heteroatoms. The van der Waals surface area contributed by atoms with Crippen molar-refractivity contribution in [2.45, 2.75) is 0 Å². The summed E-state index contributed by atoms with van der Waals surface area (Å²) in [6.45, 7) is 0. The first-order chi connectivity index (χ1) is 2.00. The van der Waals surface area contributed by atoms with Crippen molar-refractivity contribution in [2.24, 2.45) is 0 Å². The SMILES string of the molecule is O[Si](O)(O)O.[B].[Be+2].[Ce].[H-].[H-].[Zn]. The molecule has 9 heavy (non-hydrogen) atoms. The van der Waals surface area contributed by atoms with Crippen molar-refractivity contribution < 1.29 is 83.3 Å². The van der Waals surface area contributed by atoms with Gasteiger partial charge in [-0.25, -0.2) is 0 Å². The topological polar surface area (TPSA) is 80.9 Å². The van der Waals surface area contributed by atoms with Gasteiger partial charge in [0, 0.05) is 69.6 Å². The number of rotatable bonds is 0. The molecule has 0 bridgehead atoms. The molecule has 0 aromatic heterocycles. The molecule has 0 unspecified atom stereocenters. The van der Waals surface area contributed by atoms with Crippen LogP contribution in [0.2, 0.25) is 0 Å². The third-order valence-corrected chi connectivity index (χ3v) is 0. The Morgan fingerprint density at radius 1 is 1.00 bits per heavy atom. The van der Waals surface area contributed by atoms with Crippen LogP contribution in [0.15, 0.2) is 0 Å². The molecule has 0 amide bonds. The van der Waals surface area contributed by atoms with E-state index >= 15 is 0 Å². The summed E-state index contributed by atoms with van der Waals surface area (Å²) in [6, 6.07) is 0. The van der Waals surface area contributed by atoms with Crippen LogP contribution in [0.25, 0.3) is 0 Å². The molecule has 0 heterocycles. The Balaban J connectivity index is -0.00000000533. The zero-order valence-corrected chi connectivity index (χ0v) is 11.9. The van der Waals surface area contributed by atoms with E-state index in [2.05, 4.69) is 0 Å². The molecule has 0 aliphatic carbocycles. The van der Waals surface area contributed by atoms with Crippen LogP contribution < -0.4 is 0 Å². The zero-order valence-electron chi connectivity index (χ0n) is 6.78. The molecule has 3 radical (unpaired) electrons. The van der Waals surface area contributed by atoms with Gasteiger partial charge in [-0.1, -0.05) is 0 Å². The molecule has 0 aliphatic rings. The normalized spacial score (nSPS) is 6.67. The molecule has 4 N–H and O–H groups in total. The fourth-order valence-corrected chi connectivity index (χ4v) is 0. The van der Waals surface area contributed by atoms with Crippen LogP contribution in [-0.4, -0.2) is 46.8 Å². The minimum atomic E-state index is -4.61. The van der Waals surface area contributed by atoms with Crippen LogP contribution in [0.4, 0.5) is 0 Å². The summed E-state index contributed by atoms with van der Waals surface area (Å²) in [5.74, 6) is 0. The Hall–Kier alpha value is 2.29. The smallest absolute Gasteiger partial charge is 1.00 e. The van der Waals surface area contributed by atoms with Crippen molar-refractivity contribution in [3.8, 4) is 0 Å². The Morgan fingerprint density at radius 3 is 1.00 bits per heavy atom. The quantitative estimate of drug-likeness (QED) is 0.355. The van der Waals surface area contributed by atoms with E-state index in [0.717, 1.165) is 0 Å². The molecule has 0 aliphatic heterocycles. The zero-order chi connectivity index (χ0) is 4.50. The molecule has 0 rings (SSSR count). The van der Waals surface area contributed by atoms with Crippen LogP contribution in [0.3, 0.4) is 0 Å². The van der Waals surface area contributed by atoms with E-state index in [0.29, 0.717) is 0 Å².